The second-order valence-electron chi connectivity index (χ2n) is 5.12. The lowest BCUT2D eigenvalue weighted by Gasteiger charge is -2.27. The fourth-order valence-corrected chi connectivity index (χ4v) is 2.82. The molecule has 0 bridgehead atoms. The van der Waals surface area contributed by atoms with Crippen molar-refractivity contribution in [1.82, 2.24) is 0 Å². The Morgan fingerprint density at radius 3 is 2.80 bits per heavy atom. The molecule has 3 rings (SSSR count). The van der Waals surface area contributed by atoms with Crippen LogP contribution in [0.15, 0.2) is 42.5 Å². The third-order valence-electron chi connectivity index (χ3n) is 3.78. The molecule has 1 heterocycles. The van der Waals surface area contributed by atoms with Crippen molar-refractivity contribution in [3.05, 3.63) is 64.7 Å². The number of aromatic carboxylic acids is 1. The molecule has 20 heavy (non-hydrogen) atoms. The summed E-state index contributed by atoms with van der Waals surface area (Å²) in [7, 11) is 0. The number of aryl methyl sites for hydroxylation is 1. The molecule has 0 spiro atoms. The van der Waals surface area contributed by atoms with E-state index < -0.39 is 5.97 Å². The van der Waals surface area contributed by atoms with E-state index in [1.165, 1.54) is 0 Å². The summed E-state index contributed by atoms with van der Waals surface area (Å²) in [5.74, 6) is 0.0915. The summed E-state index contributed by atoms with van der Waals surface area (Å²) in [6.45, 7) is 2.65. The van der Waals surface area contributed by atoms with Gasteiger partial charge in [0.2, 0.25) is 0 Å². The van der Waals surface area contributed by atoms with Crippen LogP contribution >= 0.6 is 0 Å². The summed E-state index contributed by atoms with van der Waals surface area (Å²) in [4.78, 5) is 11.4. The van der Waals surface area contributed by atoms with Gasteiger partial charge in [0, 0.05) is 11.5 Å². The van der Waals surface area contributed by atoms with Gasteiger partial charge in [0.1, 0.15) is 5.75 Å². The van der Waals surface area contributed by atoms with Crippen molar-refractivity contribution in [2.45, 2.75) is 19.3 Å². The van der Waals surface area contributed by atoms with Crippen LogP contribution < -0.4 is 4.74 Å². The number of hydrogen-bond donors (Lipinski definition) is 1. The predicted octanol–water partition coefficient (Wildman–Crippen LogP) is 3.61. The van der Waals surface area contributed by atoms with Crippen molar-refractivity contribution < 1.29 is 14.6 Å². The monoisotopic (exact) mass is 268 g/mol. The van der Waals surface area contributed by atoms with Gasteiger partial charge in [0.05, 0.1) is 12.2 Å². The van der Waals surface area contributed by atoms with Crippen LogP contribution in [0.5, 0.6) is 5.75 Å². The summed E-state index contributed by atoms with van der Waals surface area (Å²) in [5, 5.41) is 9.36. The van der Waals surface area contributed by atoms with Crippen molar-refractivity contribution in [3.63, 3.8) is 0 Å². The van der Waals surface area contributed by atoms with Crippen LogP contribution in [-0.4, -0.2) is 17.7 Å². The zero-order chi connectivity index (χ0) is 14.1. The minimum atomic E-state index is -0.874. The van der Waals surface area contributed by atoms with Crippen molar-refractivity contribution in [2.24, 2.45) is 0 Å². The van der Waals surface area contributed by atoms with E-state index in [0.717, 1.165) is 28.9 Å². The molecule has 0 fully saturated rings. The van der Waals surface area contributed by atoms with Crippen LogP contribution in [0.25, 0.3) is 0 Å². The lowest BCUT2D eigenvalue weighted by molar-refractivity contribution is 0.0695. The molecule has 1 N–H and O–H groups in total. The summed E-state index contributed by atoms with van der Waals surface area (Å²) >= 11 is 0. The Morgan fingerprint density at radius 2 is 2.00 bits per heavy atom. The Kier molecular flexibility index (Phi) is 3.18. The fourth-order valence-electron chi connectivity index (χ4n) is 2.82. The molecule has 0 saturated carbocycles. The van der Waals surface area contributed by atoms with Gasteiger partial charge in [-0.25, -0.2) is 4.79 Å². The lowest BCUT2D eigenvalue weighted by Crippen LogP contribution is -2.17. The first kappa shape index (κ1) is 12.7. The van der Waals surface area contributed by atoms with Crippen LogP contribution in [0.4, 0.5) is 0 Å². The quantitative estimate of drug-likeness (QED) is 0.905. The molecule has 0 amide bonds. The summed E-state index contributed by atoms with van der Waals surface area (Å²) in [5.41, 5.74) is 3.48. The summed E-state index contributed by atoms with van der Waals surface area (Å²) in [6.07, 6.45) is 0.806. The molecule has 1 aliphatic rings. The second-order valence-corrected chi connectivity index (χ2v) is 5.12. The van der Waals surface area contributed by atoms with Gasteiger partial charge in [0.15, 0.2) is 0 Å². The number of carboxylic acid groups (broad SMARTS) is 1. The van der Waals surface area contributed by atoms with E-state index >= 15 is 0 Å². The maximum Gasteiger partial charge on any atom is 0.335 e. The van der Waals surface area contributed by atoms with Crippen molar-refractivity contribution in [2.75, 3.05) is 6.61 Å². The highest BCUT2D eigenvalue weighted by Gasteiger charge is 2.26. The number of carbonyl (C=O) groups is 1. The van der Waals surface area contributed by atoms with E-state index in [0.29, 0.717) is 12.2 Å². The molecule has 0 aromatic heterocycles. The summed E-state index contributed by atoms with van der Waals surface area (Å²) in [6, 6.07) is 13.3. The minimum absolute atomic E-state index is 0.0895. The predicted molar refractivity (Wildman–Crippen MR) is 76.5 cm³/mol. The zero-order valence-corrected chi connectivity index (χ0v) is 11.3. The first-order valence-electron chi connectivity index (χ1n) is 6.72. The first-order chi connectivity index (χ1) is 9.66. The van der Waals surface area contributed by atoms with Crippen LogP contribution in [0, 0.1) is 6.92 Å². The molecule has 0 saturated heterocycles. The Labute approximate surface area is 117 Å². The van der Waals surface area contributed by atoms with Crippen molar-refractivity contribution >= 4 is 5.97 Å². The Balaban J connectivity index is 2.12. The highest BCUT2D eigenvalue weighted by Crippen LogP contribution is 2.39. The van der Waals surface area contributed by atoms with E-state index in [1.54, 1.807) is 12.1 Å². The van der Waals surface area contributed by atoms with E-state index in [2.05, 4.69) is 0 Å². The largest absolute Gasteiger partial charge is 0.493 e. The first-order valence-corrected chi connectivity index (χ1v) is 6.72. The number of fused-ring (bicyclic) bond motifs is 1. The van der Waals surface area contributed by atoms with Crippen LogP contribution in [0.2, 0.25) is 0 Å². The standard InChI is InChI=1S/C17H16O3/c1-11-6-7-14-13(8-9-20-16(14)10-11)12-4-2-3-5-15(12)17(18)19/h2-7,10,13H,8-9H2,1H3,(H,18,19). The molecule has 3 nitrogen and oxygen atoms in total. The smallest absolute Gasteiger partial charge is 0.335 e. The average molecular weight is 268 g/mol. The number of ether oxygens (including phenoxy) is 1. The van der Waals surface area contributed by atoms with Crippen molar-refractivity contribution in [3.8, 4) is 5.75 Å². The third kappa shape index (κ3) is 2.16. The normalized spacial score (nSPS) is 17.1. The molecule has 1 atom stereocenters. The fraction of sp³-hybridized carbons (Fsp3) is 0.235. The van der Waals surface area contributed by atoms with Gasteiger partial charge in [-0.1, -0.05) is 30.3 Å². The average Bonchev–Trinajstić information content (AvgIpc) is 2.46. The summed E-state index contributed by atoms with van der Waals surface area (Å²) < 4.78 is 5.71. The third-order valence-corrected chi connectivity index (χ3v) is 3.78. The Hall–Kier alpha value is -2.29. The maximum absolute atomic E-state index is 11.4. The SMILES string of the molecule is Cc1ccc2c(c1)OCCC2c1ccccc1C(=O)O. The molecular formula is C17H16O3. The van der Waals surface area contributed by atoms with E-state index in [4.69, 9.17) is 4.74 Å². The Bertz CT molecular complexity index is 661. The van der Waals surface area contributed by atoms with Crippen molar-refractivity contribution in [1.29, 1.82) is 0 Å². The van der Waals surface area contributed by atoms with E-state index in [9.17, 15) is 9.90 Å². The topological polar surface area (TPSA) is 46.5 Å². The molecule has 1 unspecified atom stereocenters. The lowest BCUT2D eigenvalue weighted by atomic mass is 9.84. The number of hydrogen-bond acceptors (Lipinski definition) is 2. The van der Waals surface area contributed by atoms with Gasteiger partial charge in [-0.3, -0.25) is 0 Å². The highest BCUT2D eigenvalue weighted by molar-refractivity contribution is 5.89. The Morgan fingerprint density at radius 1 is 1.20 bits per heavy atom. The molecule has 2 aromatic carbocycles. The molecular weight excluding hydrogens is 252 g/mol. The maximum atomic E-state index is 11.4. The van der Waals surface area contributed by atoms with Gasteiger partial charge in [-0.05, 0) is 36.6 Å². The number of carboxylic acids is 1. The van der Waals surface area contributed by atoms with Gasteiger partial charge in [0.25, 0.3) is 0 Å². The molecule has 0 radical (unpaired) electrons. The van der Waals surface area contributed by atoms with E-state index in [-0.39, 0.29) is 5.92 Å². The second kappa shape index (κ2) is 5.00. The minimum Gasteiger partial charge on any atom is -0.493 e. The number of rotatable bonds is 2. The molecule has 102 valence electrons. The van der Waals surface area contributed by atoms with E-state index in [1.807, 2.05) is 37.3 Å². The molecule has 3 heteroatoms. The van der Waals surface area contributed by atoms with Gasteiger partial charge >= 0.3 is 5.97 Å². The van der Waals surface area contributed by atoms with Crippen LogP contribution in [0.1, 0.15) is 39.4 Å². The number of benzene rings is 2. The van der Waals surface area contributed by atoms with Gasteiger partial charge in [-0.15, -0.1) is 0 Å². The highest BCUT2D eigenvalue weighted by atomic mass is 16.5. The van der Waals surface area contributed by atoms with Gasteiger partial charge < -0.3 is 9.84 Å². The molecule has 1 aliphatic heterocycles. The van der Waals surface area contributed by atoms with Crippen LogP contribution in [0.3, 0.4) is 0 Å². The molecule has 0 aliphatic carbocycles. The van der Waals surface area contributed by atoms with Gasteiger partial charge in [-0.2, -0.15) is 0 Å². The molecule has 2 aromatic rings. The zero-order valence-electron chi connectivity index (χ0n) is 11.3. The van der Waals surface area contributed by atoms with Crippen LogP contribution in [-0.2, 0) is 0 Å².